The highest BCUT2D eigenvalue weighted by molar-refractivity contribution is 7.89. The van der Waals surface area contributed by atoms with Crippen molar-refractivity contribution in [1.29, 1.82) is 0 Å². The topological polar surface area (TPSA) is 91.0 Å². The quantitative estimate of drug-likeness (QED) is 0.529. The zero-order valence-corrected chi connectivity index (χ0v) is 21.3. The first-order valence-electron chi connectivity index (χ1n) is 11.6. The molecule has 0 aromatic heterocycles. The van der Waals surface area contributed by atoms with E-state index >= 15 is 0 Å². The van der Waals surface area contributed by atoms with Crippen LogP contribution in [0.25, 0.3) is 0 Å². The predicted molar refractivity (Wildman–Crippen MR) is 136 cm³/mol. The number of rotatable bonds is 10. The highest BCUT2D eigenvalue weighted by Crippen LogP contribution is 2.29. The maximum atomic E-state index is 12.7. The summed E-state index contributed by atoms with van der Waals surface area (Å²) in [6.45, 7) is 0.853. The van der Waals surface area contributed by atoms with Crippen LogP contribution in [-0.4, -0.2) is 64.4 Å². The highest BCUT2D eigenvalue weighted by atomic mass is 32.2. The molecule has 2 aromatic rings. The fourth-order valence-electron chi connectivity index (χ4n) is 4.28. The Kier molecular flexibility index (Phi) is 8.93. The van der Waals surface area contributed by atoms with Crippen molar-refractivity contribution in [2.24, 2.45) is 0 Å². The molecule has 1 aliphatic carbocycles. The minimum Gasteiger partial charge on any atom is -0.495 e. The Hall–Kier alpha value is -2.62. The van der Waals surface area contributed by atoms with E-state index in [9.17, 15) is 13.2 Å². The molecular formula is C25H36N4O4S. The molecule has 1 amide bonds. The number of sulfonamides is 1. The molecule has 0 unspecified atom stereocenters. The molecule has 0 spiro atoms. The van der Waals surface area contributed by atoms with Gasteiger partial charge in [-0.1, -0.05) is 37.5 Å². The number of methoxy groups -OCH3 is 1. The summed E-state index contributed by atoms with van der Waals surface area (Å²) < 4.78 is 31.4. The standard InChI is InChI=1S/C25H36N4O4S/c1-28(2)34(31,32)21-14-15-24(33-4)23(16-21)27-25(30)17-26-22-13-9-8-10-19(22)18-29(3)20-11-6-5-7-12-20/h8-10,13-16,20,26H,5-7,11-12,17-18H2,1-4H3,(H,27,30). The molecule has 0 radical (unpaired) electrons. The van der Waals surface area contributed by atoms with Crippen LogP contribution in [0.15, 0.2) is 47.4 Å². The second-order valence-corrected chi connectivity index (χ2v) is 11.1. The summed E-state index contributed by atoms with van der Waals surface area (Å²) in [5.74, 6) is 0.0914. The van der Waals surface area contributed by atoms with Gasteiger partial charge in [-0.25, -0.2) is 12.7 Å². The molecule has 2 N–H and O–H groups in total. The minimum atomic E-state index is -3.64. The lowest BCUT2D eigenvalue weighted by molar-refractivity contribution is -0.114. The molecule has 2 aromatic carbocycles. The van der Waals surface area contributed by atoms with Crippen LogP contribution in [0.1, 0.15) is 37.7 Å². The van der Waals surface area contributed by atoms with Gasteiger partial charge in [0.2, 0.25) is 15.9 Å². The molecule has 3 rings (SSSR count). The fraction of sp³-hybridized carbons (Fsp3) is 0.480. The number of hydrogen-bond donors (Lipinski definition) is 2. The van der Waals surface area contributed by atoms with E-state index in [-0.39, 0.29) is 17.3 Å². The number of para-hydroxylation sites is 1. The lowest BCUT2D eigenvalue weighted by atomic mass is 9.94. The van der Waals surface area contributed by atoms with Crippen molar-refractivity contribution in [3.05, 3.63) is 48.0 Å². The molecule has 8 nitrogen and oxygen atoms in total. The van der Waals surface area contributed by atoms with Crippen LogP contribution in [-0.2, 0) is 21.4 Å². The Morgan fingerprint density at radius 1 is 1.03 bits per heavy atom. The van der Waals surface area contributed by atoms with Crippen molar-refractivity contribution in [2.75, 3.05) is 45.4 Å². The normalized spacial score (nSPS) is 14.9. The summed E-state index contributed by atoms with van der Waals surface area (Å²) in [5, 5.41) is 6.01. The Labute approximate surface area is 203 Å². The van der Waals surface area contributed by atoms with Crippen LogP contribution in [0.4, 0.5) is 11.4 Å². The van der Waals surface area contributed by atoms with E-state index in [0.29, 0.717) is 17.5 Å². The number of carbonyl (C=O) groups excluding carboxylic acids is 1. The molecule has 0 heterocycles. The molecule has 1 aliphatic rings. The van der Waals surface area contributed by atoms with Crippen LogP contribution in [0.3, 0.4) is 0 Å². The van der Waals surface area contributed by atoms with Gasteiger partial charge in [0, 0.05) is 32.4 Å². The van der Waals surface area contributed by atoms with Gasteiger partial charge in [-0.3, -0.25) is 9.69 Å². The van der Waals surface area contributed by atoms with E-state index in [1.54, 1.807) is 0 Å². The summed E-state index contributed by atoms with van der Waals surface area (Å²) in [5.41, 5.74) is 2.36. The lowest BCUT2D eigenvalue weighted by Crippen LogP contribution is -2.33. The highest BCUT2D eigenvalue weighted by Gasteiger charge is 2.21. The predicted octanol–water partition coefficient (Wildman–Crippen LogP) is 3.76. The molecule has 1 saturated carbocycles. The third kappa shape index (κ3) is 6.49. The molecule has 0 atom stereocenters. The molecule has 9 heteroatoms. The van der Waals surface area contributed by atoms with Crippen LogP contribution >= 0.6 is 0 Å². The van der Waals surface area contributed by atoms with Crippen LogP contribution < -0.4 is 15.4 Å². The van der Waals surface area contributed by atoms with Crippen LogP contribution in [0.5, 0.6) is 5.75 Å². The van der Waals surface area contributed by atoms with E-state index in [0.717, 1.165) is 22.1 Å². The van der Waals surface area contributed by atoms with Crippen molar-refractivity contribution in [1.82, 2.24) is 9.21 Å². The summed E-state index contributed by atoms with van der Waals surface area (Å²) in [7, 11) is 2.93. The average molecular weight is 489 g/mol. The lowest BCUT2D eigenvalue weighted by Gasteiger charge is -2.31. The van der Waals surface area contributed by atoms with Crippen LogP contribution in [0, 0.1) is 0 Å². The molecule has 1 fully saturated rings. The Balaban J connectivity index is 1.67. The second kappa shape index (κ2) is 11.7. The Morgan fingerprint density at radius 3 is 2.41 bits per heavy atom. The third-order valence-corrected chi connectivity index (χ3v) is 8.11. The SMILES string of the molecule is COc1ccc(S(=O)(=O)N(C)C)cc1NC(=O)CNc1ccccc1CN(C)C1CCCCC1. The first kappa shape index (κ1) is 26.0. The van der Waals surface area contributed by atoms with Gasteiger partial charge in [-0.15, -0.1) is 0 Å². The van der Waals surface area contributed by atoms with Gasteiger partial charge in [0.1, 0.15) is 5.75 Å². The van der Waals surface area contributed by atoms with Crippen molar-refractivity contribution in [3.63, 3.8) is 0 Å². The zero-order valence-electron chi connectivity index (χ0n) is 20.5. The first-order valence-corrected chi connectivity index (χ1v) is 13.1. The zero-order chi connectivity index (χ0) is 24.7. The Morgan fingerprint density at radius 2 is 1.74 bits per heavy atom. The summed E-state index contributed by atoms with van der Waals surface area (Å²) in [4.78, 5) is 15.2. The van der Waals surface area contributed by atoms with Crippen LogP contribution in [0.2, 0.25) is 0 Å². The van der Waals surface area contributed by atoms with E-state index in [1.807, 2.05) is 18.2 Å². The number of nitrogens with zero attached hydrogens (tertiary/aromatic N) is 2. The van der Waals surface area contributed by atoms with E-state index in [1.165, 1.54) is 71.5 Å². The molecule has 186 valence electrons. The van der Waals surface area contributed by atoms with Gasteiger partial charge >= 0.3 is 0 Å². The summed E-state index contributed by atoms with van der Waals surface area (Å²) >= 11 is 0. The number of anilines is 2. The van der Waals surface area contributed by atoms with Crippen molar-refractivity contribution < 1.29 is 17.9 Å². The van der Waals surface area contributed by atoms with E-state index in [4.69, 9.17) is 4.74 Å². The van der Waals surface area contributed by atoms with Gasteiger partial charge in [0.15, 0.2) is 0 Å². The molecule has 0 bridgehead atoms. The maximum absolute atomic E-state index is 12.7. The van der Waals surface area contributed by atoms with Crippen molar-refractivity contribution in [3.8, 4) is 5.75 Å². The second-order valence-electron chi connectivity index (χ2n) is 8.92. The van der Waals surface area contributed by atoms with Gasteiger partial charge < -0.3 is 15.4 Å². The first-order chi connectivity index (χ1) is 16.2. The van der Waals surface area contributed by atoms with Gasteiger partial charge in [-0.2, -0.15) is 0 Å². The Bertz CT molecular complexity index is 1080. The van der Waals surface area contributed by atoms with Gasteiger partial charge in [0.25, 0.3) is 0 Å². The van der Waals surface area contributed by atoms with Gasteiger partial charge in [0.05, 0.1) is 24.2 Å². The summed E-state index contributed by atoms with van der Waals surface area (Å²) in [6, 6.07) is 13.0. The van der Waals surface area contributed by atoms with E-state index < -0.39 is 10.0 Å². The van der Waals surface area contributed by atoms with Gasteiger partial charge in [-0.05, 0) is 49.7 Å². The number of benzene rings is 2. The van der Waals surface area contributed by atoms with Crippen molar-refractivity contribution >= 4 is 27.3 Å². The molecule has 0 aliphatic heterocycles. The minimum absolute atomic E-state index is 0.0397. The number of hydrogen-bond acceptors (Lipinski definition) is 6. The van der Waals surface area contributed by atoms with E-state index in [2.05, 4.69) is 28.6 Å². The number of carbonyl (C=O) groups is 1. The monoisotopic (exact) mass is 488 g/mol. The maximum Gasteiger partial charge on any atom is 0.243 e. The summed E-state index contributed by atoms with van der Waals surface area (Å²) in [6.07, 6.45) is 6.37. The number of ether oxygens (including phenoxy) is 1. The third-order valence-electron chi connectivity index (χ3n) is 6.30. The number of nitrogens with one attached hydrogen (secondary N) is 2. The number of amides is 1. The fourth-order valence-corrected chi connectivity index (χ4v) is 5.20. The molecule has 0 saturated heterocycles. The van der Waals surface area contributed by atoms with Crippen molar-refractivity contribution in [2.45, 2.75) is 49.6 Å². The average Bonchev–Trinajstić information content (AvgIpc) is 2.83. The largest absolute Gasteiger partial charge is 0.495 e. The molecular weight excluding hydrogens is 452 g/mol. The smallest absolute Gasteiger partial charge is 0.243 e. The molecule has 34 heavy (non-hydrogen) atoms.